The van der Waals surface area contributed by atoms with Crippen molar-refractivity contribution in [1.29, 1.82) is 0 Å². The van der Waals surface area contributed by atoms with Crippen LogP contribution in [0.15, 0.2) is 81.7 Å². The number of aromatic nitrogens is 1. The van der Waals surface area contributed by atoms with E-state index < -0.39 is 16.9 Å². The van der Waals surface area contributed by atoms with Crippen molar-refractivity contribution in [3.05, 3.63) is 118 Å². The molecule has 9 heteroatoms. The van der Waals surface area contributed by atoms with Crippen LogP contribution in [0.2, 0.25) is 0 Å². The third-order valence-electron chi connectivity index (χ3n) is 6.36. The molecule has 1 aromatic heterocycles. The number of benzene rings is 3. The molecule has 5 rings (SSSR count). The number of hydrogen-bond donors (Lipinski definition) is 0. The van der Waals surface area contributed by atoms with E-state index >= 15 is 0 Å². The molecular formula is C28H23N3O5S. The molecular weight excluding hydrogens is 490 g/mol. The van der Waals surface area contributed by atoms with Crippen LogP contribution in [0.5, 0.6) is 0 Å². The Bertz CT molecular complexity index is 1790. The molecule has 0 radical (unpaired) electrons. The Morgan fingerprint density at radius 3 is 2.68 bits per heavy atom. The van der Waals surface area contributed by atoms with Crippen LogP contribution in [-0.2, 0) is 9.53 Å². The lowest BCUT2D eigenvalue weighted by molar-refractivity contribution is -0.385. The van der Waals surface area contributed by atoms with Gasteiger partial charge in [-0.25, -0.2) is 9.79 Å². The Morgan fingerprint density at radius 1 is 1.16 bits per heavy atom. The smallest absolute Gasteiger partial charge is 0.338 e. The summed E-state index contributed by atoms with van der Waals surface area (Å²) in [7, 11) is 0. The first-order valence-corrected chi connectivity index (χ1v) is 12.5. The second-order valence-electron chi connectivity index (χ2n) is 8.67. The Kier molecular flexibility index (Phi) is 6.31. The van der Waals surface area contributed by atoms with E-state index in [0.29, 0.717) is 31.7 Å². The van der Waals surface area contributed by atoms with Crippen LogP contribution < -0.4 is 14.9 Å². The maximum absolute atomic E-state index is 13.8. The van der Waals surface area contributed by atoms with Crippen molar-refractivity contribution in [3.8, 4) is 0 Å². The minimum Gasteiger partial charge on any atom is -0.463 e. The van der Waals surface area contributed by atoms with Crippen LogP contribution >= 0.6 is 11.3 Å². The van der Waals surface area contributed by atoms with E-state index in [1.807, 2.05) is 42.5 Å². The van der Waals surface area contributed by atoms with Crippen molar-refractivity contribution in [3.63, 3.8) is 0 Å². The molecule has 1 atom stereocenters. The molecule has 2 heterocycles. The number of allylic oxidation sites excluding steroid dienone is 1. The van der Waals surface area contributed by atoms with Crippen LogP contribution in [0.3, 0.4) is 0 Å². The number of hydrogen-bond acceptors (Lipinski definition) is 7. The lowest BCUT2D eigenvalue weighted by atomic mass is 9.91. The Balaban J connectivity index is 1.78. The highest BCUT2D eigenvalue weighted by molar-refractivity contribution is 7.07. The zero-order chi connectivity index (χ0) is 26.3. The first-order chi connectivity index (χ1) is 17.8. The number of rotatable bonds is 5. The minimum atomic E-state index is -0.740. The van der Waals surface area contributed by atoms with Gasteiger partial charge in [-0.1, -0.05) is 65.9 Å². The number of nitro groups is 1. The average Bonchev–Trinajstić information content (AvgIpc) is 3.18. The molecule has 0 N–H and O–H groups in total. The van der Waals surface area contributed by atoms with Crippen LogP contribution in [0.25, 0.3) is 16.8 Å². The summed E-state index contributed by atoms with van der Waals surface area (Å²) < 4.78 is 7.27. The van der Waals surface area contributed by atoms with E-state index in [9.17, 15) is 19.7 Å². The molecule has 3 aromatic carbocycles. The number of aryl methyl sites for hydroxylation is 1. The van der Waals surface area contributed by atoms with Crippen LogP contribution in [-0.4, -0.2) is 22.1 Å². The SMILES string of the molecule is CCOC(=O)C1=C(C)N=c2s/c(=C\c3ccc(C)c([N+](=O)[O-])c3)c(=O)n2C1c1cccc2ccccc12. The molecule has 37 heavy (non-hydrogen) atoms. The number of nitro benzene ring substituents is 1. The number of fused-ring (bicyclic) bond motifs is 2. The molecule has 0 aliphatic carbocycles. The van der Waals surface area contributed by atoms with E-state index in [1.54, 1.807) is 39.0 Å². The molecule has 1 unspecified atom stereocenters. The molecule has 0 saturated heterocycles. The summed E-state index contributed by atoms with van der Waals surface area (Å²) in [5.41, 5.74) is 2.29. The van der Waals surface area contributed by atoms with E-state index in [0.717, 1.165) is 16.3 Å². The highest BCUT2D eigenvalue weighted by Gasteiger charge is 2.34. The molecule has 8 nitrogen and oxygen atoms in total. The summed E-state index contributed by atoms with van der Waals surface area (Å²) in [6.45, 7) is 5.33. The summed E-state index contributed by atoms with van der Waals surface area (Å²) in [6.07, 6.45) is 1.62. The Hall–Kier alpha value is -4.37. The largest absolute Gasteiger partial charge is 0.463 e. The van der Waals surface area contributed by atoms with Crippen LogP contribution in [0.1, 0.15) is 36.6 Å². The quantitative estimate of drug-likeness (QED) is 0.226. The van der Waals surface area contributed by atoms with Crippen molar-refractivity contribution in [2.24, 2.45) is 4.99 Å². The van der Waals surface area contributed by atoms with Crippen molar-refractivity contribution >= 4 is 39.8 Å². The molecule has 0 bridgehead atoms. The summed E-state index contributed by atoms with van der Waals surface area (Å²) >= 11 is 1.18. The van der Waals surface area contributed by atoms with Gasteiger partial charge in [0.25, 0.3) is 11.2 Å². The number of nitrogens with zero attached hydrogens (tertiary/aromatic N) is 3. The molecule has 0 saturated carbocycles. The number of thiazole rings is 1. The molecule has 0 spiro atoms. The van der Waals surface area contributed by atoms with Gasteiger partial charge >= 0.3 is 5.97 Å². The fourth-order valence-corrected chi connectivity index (χ4v) is 5.69. The zero-order valence-electron chi connectivity index (χ0n) is 20.4. The van der Waals surface area contributed by atoms with Crippen molar-refractivity contribution < 1.29 is 14.5 Å². The Morgan fingerprint density at radius 2 is 1.92 bits per heavy atom. The van der Waals surface area contributed by atoms with E-state index in [-0.39, 0.29) is 17.9 Å². The lowest BCUT2D eigenvalue weighted by Crippen LogP contribution is -2.40. The zero-order valence-corrected chi connectivity index (χ0v) is 21.2. The first-order valence-electron chi connectivity index (χ1n) is 11.7. The van der Waals surface area contributed by atoms with Gasteiger partial charge in [0.15, 0.2) is 4.80 Å². The van der Waals surface area contributed by atoms with Gasteiger partial charge in [0, 0.05) is 11.6 Å². The maximum atomic E-state index is 13.8. The normalized spacial score (nSPS) is 15.4. The fourth-order valence-electron chi connectivity index (χ4n) is 4.64. The van der Waals surface area contributed by atoms with E-state index in [1.165, 1.54) is 22.0 Å². The third kappa shape index (κ3) is 4.27. The van der Waals surface area contributed by atoms with E-state index in [2.05, 4.69) is 4.99 Å². The first kappa shape index (κ1) is 24.3. The molecule has 186 valence electrons. The van der Waals surface area contributed by atoms with Gasteiger partial charge in [-0.3, -0.25) is 19.5 Å². The lowest BCUT2D eigenvalue weighted by Gasteiger charge is -2.25. The van der Waals surface area contributed by atoms with Gasteiger partial charge in [-0.2, -0.15) is 0 Å². The number of carbonyl (C=O) groups excluding carboxylic acids is 1. The maximum Gasteiger partial charge on any atom is 0.338 e. The third-order valence-corrected chi connectivity index (χ3v) is 7.35. The summed E-state index contributed by atoms with van der Waals surface area (Å²) in [5, 5.41) is 13.3. The second-order valence-corrected chi connectivity index (χ2v) is 9.68. The standard InChI is InChI=1S/C28H23N3O5S/c1-4-36-27(33)24-17(3)29-28-30(25(24)21-11-7-9-19-8-5-6-10-20(19)21)26(32)23(37-28)15-18-13-12-16(2)22(14-18)31(34)35/h5-15,25H,4H2,1-3H3/b23-15-. The highest BCUT2D eigenvalue weighted by Crippen LogP contribution is 2.34. The van der Waals surface area contributed by atoms with E-state index in [4.69, 9.17) is 4.74 Å². The molecule has 0 amide bonds. The van der Waals surface area contributed by atoms with Crippen molar-refractivity contribution in [1.82, 2.24) is 4.57 Å². The monoisotopic (exact) mass is 513 g/mol. The van der Waals surface area contributed by atoms with Gasteiger partial charge in [0.05, 0.1) is 33.4 Å². The van der Waals surface area contributed by atoms with Gasteiger partial charge in [-0.15, -0.1) is 0 Å². The second kappa shape index (κ2) is 9.59. The fraction of sp³-hybridized carbons (Fsp3) is 0.179. The number of carbonyl (C=O) groups is 1. The summed E-state index contributed by atoms with van der Waals surface area (Å²) in [4.78, 5) is 43.0. The minimum absolute atomic E-state index is 0.0180. The predicted octanol–water partition coefficient (Wildman–Crippen LogP) is 4.17. The highest BCUT2D eigenvalue weighted by atomic mass is 32.1. The van der Waals surface area contributed by atoms with Gasteiger partial charge in [0.1, 0.15) is 0 Å². The van der Waals surface area contributed by atoms with Crippen LogP contribution in [0.4, 0.5) is 5.69 Å². The number of esters is 1. The van der Waals surface area contributed by atoms with Gasteiger partial charge < -0.3 is 4.74 Å². The van der Waals surface area contributed by atoms with Crippen LogP contribution in [0, 0.1) is 17.0 Å². The molecule has 1 aliphatic rings. The summed E-state index contributed by atoms with van der Waals surface area (Å²) in [5.74, 6) is -0.523. The molecule has 0 fully saturated rings. The van der Waals surface area contributed by atoms with Gasteiger partial charge in [0.2, 0.25) is 0 Å². The predicted molar refractivity (Wildman–Crippen MR) is 142 cm³/mol. The van der Waals surface area contributed by atoms with Crippen molar-refractivity contribution in [2.45, 2.75) is 26.8 Å². The topological polar surface area (TPSA) is 104 Å². The van der Waals surface area contributed by atoms with Crippen molar-refractivity contribution in [2.75, 3.05) is 6.61 Å². The summed E-state index contributed by atoms with van der Waals surface area (Å²) in [6, 6.07) is 17.7. The average molecular weight is 514 g/mol. The Labute approximate surface area is 215 Å². The molecule has 1 aliphatic heterocycles. The number of ether oxygens (including phenoxy) is 1. The molecule has 4 aromatic rings. The van der Waals surface area contributed by atoms with Gasteiger partial charge in [-0.05, 0) is 48.7 Å².